The molecule has 0 bridgehead atoms. The molecule has 1 aromatic carbocycles. The quantitative estimate of drug-likeness (QED) is 0.0420. The number of unbranched alkanes of at least 4 members (excludes halogenated alkanes) is 1. The number of nitrogens with two attached hydrogens (primary N) is 1. The Morgan fingerprint density at radius 3 is 1.72 bits per heavy atom. The van der Waals surface area contributed by atoms with Crippen LogP contribution in [0, 0.1) is 5.92 Å². The van der Waals surface area contributed by atoms with Gasteiger partial charge in [-0.1, -0.05) is 73.4 Å². The zero-order valence-corrected chi connectivity index (χ0v) is 39.5. The second kappa shape index (κ2) is 40.6. The highest BCUT2D eigenvalue weighted by molar-refractivity contribution is 5.84. The van der Waals surface area contributed by atoms with E-state index in [0.717, 1.165) is 11.3 Å². The number of aliphatic carboxylic acids is 1. The van der Waals surface area contributed by atoms with Gasteiger partial charge >= 0.3 is 18.0 Å². The molecule has 20 heteroatoms. The van der Waals surface area contributed by atoms with E-state index >= 15 is 0 Å². The fourth-order valence-corrected chi connectivity index (χ4v) is 5.09. The minimum atomic E-state index is -0.920. The number of carboxylic acids is 1. The Bertz CT molecular complexity index is 1460. The smallest absolute Gasteiger partial charge is 0.317 e. The number of esters is 1. The van der Waals surface area contributed by atoms with Crippen LogP contribution in [-0.4, -0.2) is 166 Å². The third-order valence-corrected chi connectivity index (χ3v) is 8.53. The lowest BCUT2D eigenvalue weighted by molar-refractivity contribution is -0.144. The number of primary amides is 1. The van der Waals surface area contributed by atoms with E-state index in [1.807, 2.05) is 28.5 Å². The number of hydrogen-bond donors (Lipinski definition) is 7. The monoisotopic (exact) mass is 910 g/mol. The molecule has 1 saturated heterocycles. The molecule has 1 aromatic rings. The van der Waals surface area contributed by atoms with Crippen LogP contribution in [0.4, 0.5) is 10.5 Å². The van der Waals surface area contributed by atoms with Gasteiger partial charge in [-0.25, -0.2) is 4.79 Å². The second-order valence-corrected chi connectivity index (χ2v) is 15.1. The minimum absolute atomic E-state index is 0.0659. The summed E-state index contributed by atoms with van der Waals surface area (Å²) < 4.78 is 10.4. The van der Waals surface area contributed by atoms with Gasteiger partial charge in [0, 0.05) is 83.3 Å². The van der Waals surface area contributed by atoms with Gasteiger partial charge in [-0.05, 0) is 30.5 Å². The molecule has 1 heterocycles. The Morgan fingerprint density at radius 2 is 1.22 bits per heavy atom. The molecule has 2 rings (SSSR count). The van der Waals surface area contributed by atoms with Crippen molar-refractivity contribution in [3.63, 3.8) is 0 Å². The van der Waals surface area contributed by atoms with E-state index in [9.17, 15) is 43.5 Å². The lowest BCUT2D eigenvalue weighted by Crippen LogP contribution is -2.44. The second-order valence-electron chi connectivity index (χ2n) is 15.1. The van der Waals surface area contributed by atoms with Crippen molar-refractivity contribution in [3.8, 4) is 0 Å². The van der Waals surface area contributed by atoms with Gasteiger partial charge in [0.05, 0.1) is 39.4 Å². The van der Waals surface area contributed by atoms with E-state index in [0.29, 0.717) is 84.6 Å². The van der Waals surface area contributed by atoms with Crippen LogP contribution < -0.4 is 32.3 Å². The molecule has 1 aliphatic rings. The SMILES string of the molecule is CC(C)C(=O)CN1CCN(CC(=O)O)CCN(CC(=O)NCCOCCC(=O)NCC(=O)NCCCCNC(N)=O)CC1.CCC.CCC.CCC(=O)OCc1ccc(NC=O)cc1. The third kappa shape index (κ3) is 37.4. The highest BCUT2D eigenvalue weighted by Crippen LogP contribution is 2.10. The van der Waals surface area contributed by atoms with Crippen LogP contribution in [0.1, 0.15) is 92.6 Å². The van der Waals surface area contributed by atoms with Gasteiger partial charge in [0.1, 0.15) is 12.4 Å². The van der Waals surface area contributed by atoms with Crippen molar-refractivity contribution in [2.24, 2.45) is 11.7 Å². The molecule has 0 aliphatic carbocycles. The maximum atomic E-state index is 12.5. The summed E-state index contributed by atoms with van der Waals surface area (Å²) in [6.45, 7) is 19.1. The van der Waals surface area contributed by atoms with Crippen molar-refractivity contribution >= 4 is 53.6 Å². The Hall–Kier alpha value is -5.18. The maximum absolute atomic E-state index is 12.5. The number of anilines is 1. The van der Waals surface area contributed by atoms with Crippen LogP contribution in [0.25, 0.3) is 0 Å². The van der Waals surface area contributed by atoms with Crippen molar-refractivity contribution in [2.45, 2.75) is 93.6 Å². The fraction of sp³-hybridized carbons (Fsp3) is 0.682. The summed E-state index contributed by atoms with van der Waals surface area (Å²) in [6.07, 6.45) is 4.89. The number of nitrogens with zero attached hydrogens (tertiary/aromatic N) is 3. The molecule has 1 fully saturated rings. The number of urea groups is 1. The first-order chi connectivity index (χ1) is 30.5. The third-order valence-electron chi connectivity index (χ3n) is 8.53. The summed E-state index contributed by atoms with van der Waals surface area (Å²) in [5, 5.41) is 22.2. The van der Waals surface area contributed by atoms with E-state index in [1.165, 1.54) is 12.8 Å². The number of carbonyl (C=O) groups is 8. The average molecular weight is 910 g/mol. The Balaban J connectivity index is 0. The van der Waals surface area contributed by atoms with Gasteiger partial charge < -0.3 is 46.9 Å². The van der Waals surface area contributed by atoms with Gasteiger partial charge in [-0.2, -0.15) is 0 Å². The van der Waals surface area contributed by atoms with E-state index in [2.05, 4.69) is 54.3 Å². The number of carboxylic acid groups (broad SMARTS) is 1. The van der Waals surface area contributed by atoms with E-state index in [1.54, 1.807) is 31.2 Å². The summed E-state index contributed by atoms with van der Waals surface area (Å²) in [6, 6.07) is 6.52. The molecule has 0 spiro atoms. The average Bonchev–Trinajstić information content (AvgIpc) is 3.33. The predicted octanol–water partition coefficient (Wildman–Crippen LogP) is 1.96. The van der Waals surface area contributed by atoms with E-state index < -0.39 is 12.0 Å². The topological polar surface area (TPSA) is 271 Å². The molecular weight excluding hydrogens is 831 g/mol. The fourth-order valence-electron chi connectivity index (χ4n) is 5.09. The largest absolute Gasteiger partial charge is 0.480 e. The Morgan fingerprint density at radius 1 is 0.703 bits per heavy atom. The number of ether oxygens (including phenoxy) is 2. The van der Waals surface area contributed by atoms with Crippen molar-refractivity contribution in [1.29, 1.82) is 0 Å². The molecule has 0 saturated carbocycles. The summed E-state index contributed by atoms with van der Waals surface area (Å²) in [4.78, 5) is 97.1. The van der Waals surface area contributed by atoms with Crippen molar-refractivity contribution in [2.75, 3.05) is 104 Å². The molecule has 0 aromatic heterocycles. The zero-order chi connectivity index (χ0) is 48.5. The molecule has 64 heavy (non-hydrogen) atoms. The number of rotatable bonds is 25. The molecule has 0 radical (unpaired) electrons. The van der Waals surface area contributed by atoms with Crippen LogP contribution in [-0.2, 0) is 49.6 Å². The standard InChI is InChI=1S/C27H50N8O8.C11H13NO3.2C3H8/c1-21(2)22(36)18-33-9-11-34(12-14-35(13-10-33)20-26(40)41)19-25(39)30-8-16-43-15-5-23(37)32-17-24(38)29-6-3-4-7-31-27(28)42;1-2-11(14)15-7-9-3-5-10(6-4-9)12-8-13;2*1-3-2/h21H,3-20H2,1-2H3,(H,29,38)(H,30,39)(H,32,37)(H,40,41)(H3,28,31,42);3-6,8H,2,7H2,1H3,(H,12,13);2*3H2,1-2H3. The van der Waals surface area contributed by atoms with Gasteiger partial charge in [-0.15, -0.1) is 0 Å². The molecule has 366 valence electrons. The molecular formula is C44H79N9O11. The number of amides is 6. The molecule has 1 aliphatic heterocycles. The number of Topliss-reactive ketones (excluding diaryl/α,β-unsaturated/α-hetero) is 1. The lowest BCUT2D eigenvalue weighted by atomic mass is 10.1. The van der Waals surface area contributed by atoms with Gasteiger partial charge in [0.2, 0.25) is 24.1 Å². The number of benzene rings is 1. The van der Waals surface area contributed by atoms with Gasteiger partial charge in [-0.3, -0.25) is 48.3 Å². The Kier molecular flexibility index (Phi) is 38.6. The summed E-state index contributed by atoms with van der Waals surface area (Å²) in [5.41, 5.74) is 6.58. The zero-order valence-electron chi connectivity index (χ0n) is 39.5. The number of carbonyl (C=O) groups excluding carboxylic acids is 7. The Labute approximate surface area is 380 Å². The van der Waals surface area contributed by atoms with Crippen LogP contribution in [0.15, 0.2) is 24.3 Å². The molecule has 6 amide bonds. The van der Waals surface area contributed by atoms with Crippen LogP contribution in [0.2, 0.25) is 0 Å². The van der Waals surface area contributed by atoms with Gasteiger partial charge in [0.25, 0.3) is 0 Å². The molecule has 8 N–H and O–H groups in total. The minimum Gasteiger partial charge on any atom is -0.480 e. The molecule has 0 unspecified atom stereocenters. The van der Waals surface area contributed by atoms with Crippen molar-refractivity contribution < 1.29 is 52.9 Å². The van der Waals surface area contributed by atoms with E-state index in [-0.39, 0.29) is 87.8 Å². The summed E-state index contributed by atoms with van der Waals surface area (Å²) in [5.74, 6) is -1.96. The summed E-state index contributed by atoms with van der Waals surface area (Å²) >= 11 is 0. The first kappa shape index (κ1) is 60.9. The molecule has 20 nitrogen and oxygen atoms in total. The van der Waals surface area contributed by atoms with Crippen LogP contribution in [0.5, 0.6) is 0 Å². The lowest BCUT2D eigenvalue weighted by Gasteiger charge is -2.25. The molecule has 0 atom stereocenters. The number of hydrogen-bond acceptors (Lipinski definition) is 13. The maximum Gasteiger partial charge on any atom is 0.317 e. The highest BCUT2D eigenvalue weighted by Gasteiger charge is 2.21. The number of nitrogens with one attached hydrogen (secondary N) is 5. The first-order valence-corrected chi connectivity index (χ1v) is 22.3. The first-order valence-electron chi connectivity index (χ1n) is 22.3. The van der Waals surface area contributed by atoms with Crippen LogP contribution >= 0.6 is 0 Å². The highest BCUT2D eigenvalue weighted by atomic mass is 16.5. The predicted molar refractivity (Wildman–Crippen MR) is 246 cm³/mol. The summed E-state index contributed by atoms with van der Waals surface area (Å²) in [7, 11) is 0. The van der Waals surface area contributed by atoms with Gasteiger partial charge in [0.15, 0.2) is 0 Å². The van der Waals surface area contributed by atoms with Crippen molar-refractivity contribution in [1.82, 2.24) is 36.0 Å². The van der Waals surface area contributed by atoms with Crippen LogP contribution in [0.3, 0.4) is 0 Å². The van der Waals surface area contributed by atoms with Crippen molar-refractivity contribution in [3.05, 3.63) is 29.8 Å². The number of ketones is 1. The van der Waals surface area contributed by atoms with E-state index in [4.69, 9.17) is 15.2 Å². The normalized spacial score (nSPS) is 12.9.